The third-order valence-corrected chi connectivity index (χ3v) is 2.73. The highest BCUT2D eigenvalue weighted by Crippen LogP contribution is 2.21. The highest BCUT2D eigenvalue weighted by atomic mass is 79.9. The number of hydrogen-bond donors (Lipinski definition) is 3. The van der Waals surface area contributed by atoms with Crippen molar-refractivity contribution in [3.05, 3.63) is 28.2 Å². The third-order valence-electron chi connectivity index (χ3n) is 2.24. The van der Waals surface area contributed by atoms with E-state index in [0.29, 0.717) is 16.6 Å². The summed E-state index contributed by atoms with van der Waals surface area (Å²) < 4.78 is 5.81. The maximum Gasteiger partial charge on any atom is 0.341 e. The number of rotatable bonds is 6. The van der Waals surface area contributed by atoms with E-state index in [1.807, 2.05) is 0 Å². The number of hydrogen-bond acceptors (Lipinski definition) is 5. The summed E-state index contributed by atoms with van der Waals surface area (Å²) in [6.07, 6.45) is 1.25. The molecule has 0 spiro atoms. The summed E-state index contributed by atoms with van der Waals surface area (Å²) in [6, 6.07) is 4.85. The molecule has 0 aliphatic carbocycles. The summed E-state index contributed by atoms with van der Waals surface area (Å²) in [5.41, 5.74) is 2.50. The molecule has 0 heterocycles. The van der Waals surface area contributed by atoms with Gasteiger partial charge in [-0.15, -0.1) is 0 Å². The van der Waals surface area contributed by atoms with Gasteiger partial charge < -0.3 is 15.2 Å². The lowest BCUT2D eigenvalue weighted by Gasteiger charge is -2.07. The molecule has 0 aromatic heterocycles. The Morgan fingerprint density at radius 1 is 1.36 bits per heavy atom. The number of nitrogens with zero attached hydrogens (tertiary/aromatic N) is 1. The molecule has 22 heavy (non-hydrogen) atoms. The molecule has 0 fully saturated rings. The Balaban J connectivity index is 2.76. The summed E-state index contributed by atoms with van der Waals surface area (Å²) in [4.78, 5) is 33.0. The van der Waals surface area contributed by atoms with Gasteiger partial charge >= 0.3 is 17.8 Å². The summed E-state index contributed by atoms with van der Waals surface area (Å²) in [5, 5.41) is 14.6. The average molecular weight is 372 g/mol. The molecule has 118 valence electrons. The van der Waals surface area contributed by atoms with E-state index in [0.717, 1.165) is 0 Å². The molecule has 1 aromatic rings. The molecule has 1 rings (SSSR count). The Morgan fingerprint density at radius 2 is 2.09 bits per heavy atom. The molecule has 0 radical (unpaired) electrons. The van der Waals surface area contributed by atoms with Gasteiger partial charge in [-0.1, -0.05) is 15.9 Å². The van der Waals surface area contributed by atoms with Crippen LogP contribution in [0.3, 0.4) is 0 Å². The van der Waals surface area contributed by atoms with Crippen LogP contribution in [-0.2, 0) is 14.4 Å². The van der Waals surface area contributed by atoms with Crippen molar-refractivity contribution in [3.63, 3.8) is 0 Å². The van der Waals surface area contributed by atoms with E-state index in [9.17, 15) is 14.4 Å². The average Bonchev–Trinajstić information content (AvgIpc) is 2.46. The number of halogens is 1. The number of hydrazone groups is 1. The lowest BCUT2D eigenvalue weighted by Crippen LogP contribution is -2.37. The van der Waals surface area contributed by atoms with Crippen LogP contribution in [0.2, 0.25) is 0 Å². The van der Waals surface area contributed by atoms with Crippen molar-refractivity contribution < 1.29 is 24.2 Å². The van der Waals surface area contributed by atoms with Crippen LogP contribution in [0.5, 0.6) is 5.75 Å². The minimum absolute atomic E-state index is 0.279. The smallest absolute Gasteiger partial charge is 0.341 e. The van der Waals surface area contributed by atoms with Crippen molar-refractivity contribution in [2.24, 2.45) is 5.10 Å². The first-order chi connectivity index (χ1) is 10.4. The van der Waals surface area contributed by atoms with Gasteiger partial charge in [-0.2, -0.15) is 5.10 Å². The Bertz CT molecular complexity index is 603. The van der Waals surface area contributed by atoms with Crippen LogP contribution in [-0.4, -0.2) is 42.3 Å². The van der Waals surface area contributed by atoms with Gasteiger partial charge in [0.1, 0.15) is 5.75 Å². The second-order valence-electron chi connectivity index (χ2n) is 3.92. The number of amides is 2. The standard InChI is InChI=1S/C13H14BrN3O5/c1-2-15-12(20)13(21)17-16-6-8-5-9(14)3-4-10(8)22-7-11(18)19/h3-6H,2,7H2,1H3,(H,15,20)(H,17,21)(H,18,19)/b16-6-. The Labute approximate surface area is 134 Å². The van der Waals surface area contributed by atoms with Gasteiger partial charge in [0.15, 0.2) is 6.61 Å². The first kappa shape index (κ1) is 17.6. The van der Waals surface area contributed by atoms with Crippen LogP contribution in [0.25, 0.3) is 0 Å². The van der Waals surface area contributed by atoms with E-state index in [4.69, 9.17) is 9.84 Å². The molecule has 0 atom stereocenters. The Kier molecular flexibility index (Phi) is 7.03. The predicted octanol–water partition coefficient (Wildman–Crippen LogP) is 0.499. The zero-order valence-corrected chi connectivity index (χ0v) is 13.2. The molecule has 2 amide bonds. The van der Waals surface area contributed by atoms with Crippen LogP contribution >= 0.6 is 15.9 Å². The van der Waals surface area contributed by atoms with Crippen molar-refractivity contribution >= 4 is 39.9 Å². The number of carboxylic acids is 1. The predicted molar refractivity (Wildman–Crippen MR) is 81.7 cm³/mol. The summed E-state index contributed by atoms with van der Waals surface area (Å²) in [7, 11) is 0. The van der Waals surface area contributed by atoms with Crippen LogP contribution in [0.4, 0.5) is 0 Å². The van der Waals surface area contributed by atoms with Gasteiger partial charge in [0, 0.05) is 16.6 Å². The number of benzene rings is 1. The summed E-state index contributed by atoms with van der Waals surface area (Å²) >= 11 is 3.26. The van der Waals surface area contributed by atoms with E-state index in [-0.39, 0.29) is 5.75 Å². The van der Waals surface area contributed by atoms with Crippen molar-refractivity contribution in [2.75, 3.05) is 13.2 Å². The monoisotopic (exact) mass is 371 g/mol. The molecule has 3 N–H and O–H groups in total. The second-order valence-corrected chi connectivity index (χ2v) is 4.84. The molecule has 0 aliphatic heterocycles. The number of aliphatic carboxylic acids is 1. The highest BCUT2D eigenvalue weighted by Gasteiger charge is 2.10. The van der Waals surface area contributed by atoms with Gasteiger partial charge in [-0.25, -0.2) is 10.2 Å². The summed E-state index contributed by atoms with van der Waals surface area (Å²) in [5.74, 6) is -2.53. The van der Waals surface area contributed by atoms with Gasteiger partial charge in [0.2, 0.25) is 0 Å². The number of carbonyl (C=O) groups excluding carboxylic acids is 2. The third kappa shape index (κ3) is 5.92. The van der Waals surface area contributed by atoms with Crippen LogP contribution in [0.15, 0.2) is 27.8 Å². The highest BCUT2D eigenvalue weighted by molar-refractivity contribution is 9.10. The molecule has 0 saturated carbocycles. The van der Waals surface area contributed by atoms with Gasteiger partial charge in [-0.3, -0.25) is 9.59 Å². The number of carboxylic acid groups (broad SMARTS) is 1. The minimum atomic E-state index is -1.12. The number of likely N-dealkylation sites (N-methyl/N-ethyl adjacent to an activating group) is 1. The van der Waals surface area contributed by atoms with Crippen molar-refractivity contribution in [3.8, 4) is 5.75 Å². The van der Waals surface area contributed by atoms with E-state index in [1.165, 1.54) is 6.21 Å². The molecule has 0 aliphatic rings. The fourth-order valence-electron chi connectivity index (χ4n) is 1.34. The second kappa shape index (κ2) is 8.78. The summed E-state index contributed by atoms with van der Waals surface area (Å²) in [6.45, 7) is 1.50. The molecule has 0 bridgehead atoms. The zero-order valence-electron chi connectivity index (χ0n) is 11.6. The first-order valence-corrected chi connectivity index (χ1v) is 6.98. The van der Waals surface area contributed by atoms with E-state index in [2.05, 4.69) is 31.8 Å². The molecule has 8 nitrogen and oxygen atoms in total. The van der Waals surface area contributed by atoms with Gasteiger partial charge in [0.05, 0.1) is 6.21 Å². The number of nitrogens with one attached hydrogen (secondary N) is 2. The molecule has 0 saturated heterocycles. The first-order valence-electron chi connectivity index (χ1n) is 6.19. The topological polar surface area (TPSA) is 117 Å². The van der Waals surface area contributed by atoms with Crippen LogP contribution in [0, 0.1) is 0 Å². The fourth-order valence-corrected chi connectivity index (χ4v) is 1.72. The van der Waals surface area contributed by atoms with Crippen molar-refractivity contribution in [2.45, 2.75) is 6.92 Å². The Morgan fingerprint density at radius 3 is 2.73 bits per heavy atom. The van der Waals surface area contributed by atoms with E-state index < -0.39 is 24.4 Å². The molecule has 9 heteroatoms. The van der Waals surface area contributed by atoms with Gasteiger partial charge in [-0.05, 0) is 25.1 Å². The van der Waals surface area contributed by atoms with Crippen LogP contribution < -0.4 is 15.5 Å². The zero-order chi connectivity index (χ0) is 16.5. The van der Waals surface area contributed by atoms with Crippen LogP contribution in [0.1, 0.15) is 12.5 Å². The molecule has 1 aromatic carbocycles. The largest absolute Gasteiger partial charge is 0.481 e. The molecular weight excluding hydrogens is 358 g/mol. The normalized spacial score (nSPS) is 10.3. The molecular formula is C13H14BrN3O5. The lowest BCUT2D eigenvalue weighted by atomic mass is 10.2. The maximum atomic E-state index is 11.3. The fraction of sp³-hybridized carbons (Fsp3) is 0.231. The quantitative estimate of drug-likeness (QED) is 0.382. The minimum Gasteiger partial charge on any atom is -0.481 e. The van der Waals surface area contributed by atoms with Crippen molar-refractivity contribution in [1.82, 2.24) is 10.7 Å². The van der Waals surface area contributed by atoms with E-state index >= 15 is 0 Å². The molecule has 0 unspecified atom stereocenters. The SMILES string of the molecule is CCNC(=O)C(=O)N/N=C\c1cc(Br)ccc1OCC(=O)O. The van der Waals surface area contributed by atoms with E-state index in [1.54, 1.807) is 25.1 Å². The van der Waals surface area contributed by atoms with Crippen molar-refractivity contribution in [1.29, 1.82) is 0 Å². The maximum absolute atomic E-state index is 11.3. The number of carbonyl (C=O) groups is 3. The lowest BCUT2D eigenvalue weighted by molar-refractivity contribution is -0.139. The number of ether oxygens (including phenoxy) is 1. The Hall–Kier alpha value is -2.42. The van der Waals surface area contributed by atoms with Gasteiger partial charge in [0.25, 0.3) is 0 Å².